The van der Waals surface area contributed by atoms with Gasteiger partial charge in [-0.05, 0) is 19.8 Å². The summed E-state index contributed by atoms with van der Waals surface area (Å²) < 4.78 is 36.5. The predicted molar refractivity (Wildman–Crippen MR) is 45.2 cm³/mol. The Hall–Kier alpha value is 0.901. The van der Waals surface area contributed by atoms with E-state index in [0.29, 0.717) is 6.42 Å². The van der Waals surface area contributed by atoms with Gasteiger partial charge in [0, 0.05) is 5.92 Å². The maximum absolute atomic E-state index is 12.2. The van der Waals surface area contributed by atoms with Gasteiger partial charge in [0.1, 0.15) is 5.78 Å². The summed E-state index contributed by atoms with van der Waals surface area (Å²) in [4.78, 5) is 10.8. The van der Waals surface area contributed by atoms with Crippen LogP contribution < -0.4 is 51.4 Å². The van der Waals surface area contributed by atoms with Crippen molar-refractivity contribution in [3.63, 3.8) is 0 Å². The third kappa shape index (κ3) is 4.18. The number of rotatable bonds is 2. The minimum atomic E-state index is -4.82. The molecular weight excluding hydrogens is 219 g/mol. The molecular formula is C8H11BF3KO. The number of allylic oxidation sites excluding steroid dienone is 2. The normalized spacial score (nSPS) is 22.3. The van der Waals surface area contributed by atoms with Crippen LogP contribution in [0.3, 0.4) is 0 Å². The summed E-state index contributed by atoms with van der Waals surface area (Å²) in [5.74, 6) is -0.202. The van der Waals surface area contributed by atoms with Crippen molar-refractivity contribution >= 4 is 12.8 Å². The van der Waals surface area contributed by atoms with Gasteiger partial charge in [-0.1, -0.05) is 6.42 Å². The zero-order valence-electron chi connectivity index (χ0n) is 8.40. The molecule has 0 fully saturated rings. The summed E-state index contributed by atoms with van der Waals surface area (Å²) in [7, 11) is 0. The van der Waals surface area contributed by atoms with E-state index in [2.05, 4.69) is 0 Å². The molecule has 0 saturated carbocycles. The van der Waals surface area contributed by atoms with E-state index in [9.17, 15) is 17.7 Å². The topological polar surface area (TPSA) is 17.1 Å². The van der Waals surface area contributed by atoms with Gasteiger partial charge in [0.2, 0.25) is 0 Å². The molecule has 1 atom stereocenters. The fraction of sp³-hybridized carbons (Fsp3) is 0.625. The van der Waals surface area contributed by atoms with Crippen LogP contribution in [0.15, 0.2) is 11.5 Å². The molecule has 0 bridgehead atoms. The van der Waals surface area contributed by atoms with E-state index < -0.39 is 12.4 Å². The van der Waals surface area contributed by atoms with Gasteiger partial charge in [-0.3, -0.25) is 4.79 Å². The largest absolute Gasteiger partial charge is 1.00 e. The van der Waals surface area contributed by atoms with Crippen molar-refractivity contribution < 1.29 is 69.1 Å². The van der Waals surface area contributed by atoms with Gasteiger partial charge in [-0.15, -0.1) is 11.5 Å². The molecule has 0 aromatic carbocycles. The van der Waals surface area contributed by atoms with Crippen LogP contribution in [0.4, 0.5) is 12.9 Å². The van der Waals surface area contributed by atoms with E-state index in [0.717, 1.165) is 0 Å². The van der Waals surface area contributed by atoms with Gasteiger partial charge in [-0.25, -0.2) is 0 Å². The number of halogens is 3. The smallest absolute Gasteiger partial charge is 0.445 e. The number of carbonyl (C=O) groups excluding carboxylic acids is 1. The number of carbonyl (C=O) groups is 1. The second-order valence-electron chi connectivity index (χ2n) is 3.44. The monoisotopic (exact) mass is 230 g/mol. The van der Waals surface area contributed by atoms with Crippen molar-refractivity contribution in [2.75, 3.05) is 0 Å². The van der Waals surface area contributed by atoms with Crippen LogP contribution in [-0.2, 0) is 4.79 Å². The van der Waals surface area contributed by atoms with Crippen molar-refractivity contribution in [1.29, 1.82) is 0 Å². The molecule has 0 aromatic rings. The van der Waals surface area contributed by atoms with Crippen LogP contribution in [0, 0.1) is 5.92 Å². The summed E-state index contributed by atoms with van der Waals surface area (Å²) >= 11 is 0. The molecule has 14 heavy (non-hydrogen) atoms. The first-order valence-corrected chi connectivity index (χ1v) is 4.30. The molecule has 0 aromatic heterocycles. The molecule has 0 aliphatic heterocycles. The van der Waals surface area contributed by atoms with Crippen LogP contribution in [0.2, 0.25) is 0 Å². The van der Waals surface area contributed by atoms with Gasteiger partial charge in [0.25, 0.3) is 0 Å². The number of hydrogen-bond donors (Lipinski definition) is 0. The van der Waals surface area contributed by atoms with E-state index >= 15 is 0 Å². The molecule has 1 unspecified atom stereocenters. The Bertz CT molecular complexity index is 249. The van der Waals surface area contributed by atoms with E-state index in [1.165, 1.54) is 13.0 Å². The standard InChI is InChI=1S/C8H11BF3O.K/c1-6(13)7-2-4-8(5-3-7)9(10,11)12;/h4,7H,2-3,5H2,1H3;/q-1;+1. The molecule has 0 radical (unpaired) electrons. The summed E-state index contributed by atoms with van der Waals surface area (Å²) in [5, 5.41) is 0. The van der Waals surface area contributed by atoms with Gasteiger partial charge in [0.05, 0.1) is 0 Å². The molecule has 6 heteroatoms. The quantitative estimate of drug-likeness (QED) is 0.595. The Kier molecular flexibility index (Phi) is 6.22. The molecule has 0 amide bonds. The molecule has 0 heterocycles. The predicted octanol–water partition coefficient (Wildman–Crippen LogP) is -0.308. The maximum atomic E-state index is 12.2. The van der Waals surface area contributed by atoms with Crippen LogP contribution >= 0.6 is 0 Å². The molecule has 1 aliphatic rings. The SMILES string of the molecule is CC(=O)C1CC=C([B-](F)(F)F)CC1.[K+]. The number of ketones is 1. The Morgan fingerprint density at radius 1 is 1.50 bits per heavy atom. The fourth-order valence-corrected chi connectivity index (χ4v) is 1.52. The Balaban J connectivity index is 0.00000169. The zero-order valence-corrected chi connectivity index (χ0v) is 11.5. The molecule has 1 nitrogen and oxygen atoms in total. The zero-order chi connectivity index (χ0) is 10.1. The van der Waals surface area contributed by atoms with E-state index in [-0.39, 0.29) is 75.9 Å². The van der Waals surface area contributed by atoms with Gasteiger partial charge in [-0.2, -0.15) is 0 Å². The van der Waals surface area contributed by atoms with Gasteiger partial charge < -0.3 is 12.9 Å². The van der Waals surface area contributed by atoms with E-state index in [4.69, 9.17) is 0 Å². The van der Waals surface area contributed by atoms with Crippen LogP contribution in [0.25, 0.3) is 0 Å². The van der Waals surface area contributed by atoms with Crippen molar-refractivity contribution in [1.82, 2.24) is 0 Å². The van der Waals surface area contributed by atoms with E-state index in [1.54, 1.807) is 0 Å². The maximum Gasteiger partial charge on any atom is 1.00 e. The van der Waals surface area contributed by atoms with Gasteiger partial charge >= 0.3 is 58.4 Å². The summed E-state index contributed by atoms with van der Waals surface area (Å²) in [6.45, 7) is -3.39. The summed E-state index contributed by atoms with van der Waals surface area (Å²) in [6, 6.07) is 0. The third-order valence-corrected chi connectivity index (χ3v) is 2.44. The second-order valence-corrected chi connectivity index (χ2v) is 3.44. The molecule has 1 rings (SSSR count). The molecule has 0 spiro atoms. The second kappa shape index (κ2) is 5.84. The first kappa shape index (κ1) is 14.9. The van der Waals surface area contributed by atoms with Crippen LogP contribution in [0.1, 0.15) is 26.2 Å². The average molecular weight is 230 g/mol. The molecule has 1 aliphatic carbocycles. The van der Waals surface area contributed by atoms with Crippen molar-refractivity contribution in [3.8, 4) is 0 Å². The van der Waals surface area contributed by atoms with Crippen LogP contribution in [0.5, 0.6) is 0 Å². The average Bonchev–Trinajstić information content (AvgIpc) is 2.03. The van der Waals surface area contributed by atoms with Gasteiger partial charge in [0.15, 0.2) is 0 Å². The van der Waals surface area contributed by atoms with Crippen molar-refractivity contribution in [2.24, 2.45) is 5.92 Å². The fourth-order valence-electron chi connectivity index (χ4n) is 1.52. The molecule has 74 valence electrons. The minimum Gasteiger partial charge on any atom is -0.445 e. The van der Waals surface area contributed by atoms with E-state index in [1.807, 2.05) is 0 Å². The van der Waals surface area contributed by atoms with Crippen molar-refractivity contribution in [3.05, 3.63) is 11.5 Å². The molecule has 0 saturated heterocycles. The first-order valence-electron chi connectivity index (χ1n) is 4.30. The number of hydrogen-bond acceptors (Lipinski definition) is 1. The summed E-state index contributed by atoms with van der Waals surface area (Å²) in [5.41, 5.74) is -0.419. The Morgan fingerprint density at radius 3 is 2.36 bits per heavy atom. The van der Waals surface area contributed by atoms with Crippen LogP contribution in [-0.4, -0.2) is 12.8 Å². The summed E-state index contributed by atoms with van der Waals surface area (Å²) in [6.07, 6.45) is 1.79. The Morgan fingerprint density at radius 2 is 2.07 bits per heavy atom. The number of Topliss-reactive ketones (excluding diaryl/α,β-unsaturated/α-hetero) is 1. The van der Waals surface area contributed by atoms with Crippen molar-refractivity contribution in [2.45, 2.75) is 26.2 Å². The molecule has 0 N–H and O–H groups in total. The Labute approximate surface area is 124 Å². The minimum absolute atomic E-state index is 0. The third-order valence-electron chi connectivity index (χ3n) is 2.44. The first-order chi connectivity index (χ1) is 5.91.